The third-order valence-electron chi connectivity index (χ3n) is 2.61. The minimum Gasteiger partial charge on any atom is -0.321 e. The molecule has 1 heterocycles. The molecule has 2 rings (SSSR count). The second-order valence-electron chi connectivity index (χ2n) is 4.13. The van der Waals surface area contributed by atoms with E-state index < -0.39 is 0 Å². The van der Waals surface area contributed by atoms with Crippen LogP contribution in [-0.2, 0) is 0 Å². The zero-order chi connectivity index (χ0) is 13.1. The predicted molar refractivity (Wildman–Crippen MR) is 75.8 cm³/mol. The summed E-state index contributed by atoms with van der Waals surface area (Å²) in [4.78, 5) is 15.9. The summed E-state index contributed by atoms with van der Waals surface area (Å²) in [5.41, 5.74) is 3.59. The number of pyridine rings is 1. The third-order valence-corrected chi connectivity index (χ3v) is 3.24. The standard InChI is InChI=1S/C14H13BrN2O/c1-9-7-10(2)13(12(15)8-9)17-14(18)11-3-5-16-6-4-11/h3-8H,1-2H3,(H,17,18). The molecule has 1 amide bonds. The summed E-state index contributed by atoms with van der Waals surface area (Å²) in [5.74, 6) is -0.134. The molecule has 1 N–H and O–H groups in total. The second-order valence-corrected chi connectivity index (χ2v) is 4.98. The Morgan fingerprint density at radius 2 is 1.89 bits per heavy atom. The Bertz CT molecular complexity index is 559. The fourth-order valence-corrected chi connectivity index (χ4v) is 2.54. The van der Waals surface area contributed by atoms with Crippen molar-refractivity contribution in [2.75, 3.05) is 5.32 Å². The molecule has 92 valence electrons. The lowest BCUT2D eigenvalue weighted by atomic mass is 10.1. The number of nitrogens with one attached hydrogen (secondary N) is 1. The first kappa shape index (κ1) is 12.8. The summed E-state index contributed by atoms with van der Waals surface area (Å²) in [5, 5.41) is 2.91. The van der Waals surface area contributed by atoms with Crippen LogP contribution in [0.15, 0.2) is 41.1 Å². The number of halogens is 1. The van der Waals surface area contributed by atoms with Gasteiger partial charge in [-0.2, -0.15) is 0 Å². The van der Waals surface area contributed by atoms with Gasteiger partial charge < -0.3 is 5.32 Å². The van der Waals surface area contributed by atoms with Crippen LogP contribution in [0.3, 0.4) is 0 Å². The van der Waals surface area contributed by atoms with E-state index in [2.05, 4.69) is 26.2 Å². The van der Waals surface area contributed by atoms with Gasteiger partial charge in [0, 0.05) is 22.4 Å². The Labute approximate surface area is 114 Å². The first-order valence-corrected chi connectivity index (χ1v) is 6.35. The van der Waals surface area contributed by atoms with Crippen molar-refractivity contribution < 1.29 is 4.79 Å². The van der Waals surface area contributed by atoms with E-state index >= 15 is 0 Å². The van der Waals surface area contributed by atoms with Gasteiger partial charge in [0.1, 0.15) is 0 Å². The molecule has 0 saturated heterocycles. The Morgan fingerprint density at radius 3 is 2.50 bits per heavy atom. The molecule has 2 aromatic rings. The number of carbonyl (C=O) groups excluding carboxylic acids is 1. The van der Waals surface area contributed by atoms with Crippen LogP contribution >= 0.6 is 15.9 Å². The lowest BCUT2D eigenvalue weighted by Gasteiger charge is -2.11. The van der Waals surface area contributed by atoms with E-state index in [1.54, 1.807) is 24.5 Å². The molecule has 1 aromatic carbocycles. The second kappa shape index (κ2) is 5.31. The molecule has 18 heavy (non-hydrogen) atoms. The highest BCUT2D eigenvalue weighted by Gasteiger charge is 2.10. The van der Waals surface area contributed by atoms with Crippen molar-refractivity contribution in [1.29, 1.82) is 0 Å². The molecule has 0 radical (unpaired) electrons. The smallest absolute Gasteiger partial charge is 0.255 e. The van der Waals surface area contributed by atoms with Crippen LogP contribution in [0.1, 0.15) is 21.5 Å². The van der Waals surface area contributed by atoms with Crippen LogP contribution < -0.4 is 5.32 Å². The minimum absolute atomic E-state index is 0.134. The van der Waals surface area contributed by atoms with Crippen molar-refractivity contribution in [3.8, 4) is 0 Å². The van der Waals surface area contributed by atoms with Gasteiger partial charge in [-0.1, -0.05) is 6.07 Å². The summed E-state index contributed by atoms with van der Waals surface area (Å²) < 4.78 is 0.891. The van der Waals surface area contributed by atoms with Gasteiger partial charge in [0.05, 0.1) is 5.69 Å². The zero-order valence-corrected chi connectivity index (χ0v) is 11.8. The van der Waals surface area contributed by atoms with E-state index in [-0.39, 0.29) is 5.91 Å². The van der Waals surface area contributed by atoms with Crippen LogP contribution in [0, 0.1) is 13.8 Å². The normalized spacial score (nSPS) is 10.2. The number of hydrogen-bond acceptors (Lipinski definition) is 2. The van der Waals surface area contributed by atoms with Crippen LogP contribution in [0.25, 0.3) is 0 Å². The van der Waals surface area contributed by atoms with Crippen molar-refractivity contribution in [3.63, 3.8) is 0 Å². The van der Waals surface area contributed by atoms with Crippen molar-refractivity contribution in [2.24, 2.45) is 0 Å². The summed E-state index contributed by atoms with van der Waals surface area (Å²) >= 11 is 3.47. The zero-order valence-electron chi connectivity index (χ0n) is 10.2. The number of aryl methyl sites for hydroxylation is 2. The van der Waals surface area contributed by atoms with Gasteiger partial charge in [0.25, 0.3) is 5.91 Å². The highest BCUT2D eigenvalue weighted by Crippen LogP contribution is 2.28. The first-order valence-electron chi connectivity index (χ1n) is 5.56. The molecule has 4 heteroatoms. The van der Waals surface area contributed by atoms with Gasteiger partial charge in [-0.3, -0.25) is 9.78 Å². The molecule has 0 aliphatic rings. The monoisotopic (exact) mass is 304 g/mol. The number of rotatable bonds is 2. The molecule has 3 nitrogen and oxygen atoms in total. The molecule has 0 fully saturated rings. The molecule has 0 aliphatic carbocycles. The van der Waals surface area contributed by atoms with Gasteiger partial charge in [0.15, 0.2) is 0 Å². The molecule has 0 atom stereocenters. The Hall–Kier alpha value is -1.68. The summed E-state index contributed by atoms with van der Waals surface area (Å²) in [6.07, 6.45) is 3.21. The number of carbonyl (C=O) groups is 1. The van der Waals surface area contributed by atoms with E-state index in [4.69, 9.17) is 0 Å². The summed E-state index contributed by atoms with van der Waals surface area (Å²) in [6.45, 7) is 3.99. The topological polar surface area (TPSA) is 42.0 Å². The number of hydrogen-bond donors (Lipinski definition) is 1. The van der Waals surface area contributed by atoms with Crippen molar-refractivity contribution in [2.45, 2.75) is 13.8 Å². The van der Waals surface area contributed by atoms with Gasteiger partial charge in [-0.15, -0.1) is 0 Å². The molecule has 0 spiro atoms. The Kier molecular flexibility index (Phi) is 3.77. The summed E-state index contributed by atoms with van der Waals surface area (Å²) in [6, 6.07) is 7.39. The molecule has 0 aliphatic heterocycles. The molecule has 1 aromatic heterocycles. The highest BCUT2D eigenvalue weighted by molar-refractivity contribution is 9.10. The molecule has 0 bridgehead atoms. The van der Waals surface area contributed by atoms with E-state index in [0.717, 1.165) is 21.3 Å². The van der Waals surface area contributed by atoms with E-state index in [0.29, 0.717) is 5.56 Å². The van der Waals surface area contributed by atoms with Crippen molar-refractivity contribution in [3.05, 3.63) is 57.8 Å². The van der Waals surface area contributed by atoms with E-state index in [1.165, 1.54) is 0 Å². The number of aromatic nitrogens is 1. The Morgan fingerprint density at radius 1 is 1.22 bits per heavy atom. The van der Waals surface area contributed by atoms with Crippen LogP contribution in [0.4, 0.5) is 5.69 Å². The van der Waals surface area contributed by atoms with Crippen LogP contribution in [0.5, 0.6) is 0 Å². The number of benzene rings is 1. The quantitative estimate of drug-likeness (QED) is 0.919. The SMILES string of the molecule is Cc1cc(C)c(NC(=O)c2ccncc2)c(Br)c1. The molecule has 0 unspecified atom stereocenters. The maximum Gasteiger partial charge on any atom is 0.255 e. The minimum atomic E-state index is -0.134. The van der Waals surface area contributed by atoms with Gasteiger partial charge in [-0.05, 0) is 59.1 Å². The lowest BCUT2D eigenvalue weighted by molar-refractivity contribution is 0.102. The number of anilines is 1. The average Bonchev–Trinajstić information content (AvgIpc) is 2.34. The maximum absolute atomic E-state index is 12.0. The molecule has 0 saturated carbocycles. The highest BCUT2D eigenvalue weighted by atomic mass is 79.9. The van der Waals surface area contributed by atoms with Crippen molar-refractivity contribution in [1.82, 2.24) is 4.98 Å². The van der Waals surface area contributed by atoms with E-state index in [1.807, 2.05) is 26.0 Å². The third kappa shape index (κ3) is 2.76. The van der Waals surface area contributed by atoms with Gasteiger partial charge in [0.2, 0.25) is 0 Å². The molecular weight excluding hydrogens is 292 g/mol. The fraction of sp³-hybridized carbons (Fsp3) is 0.143. The first-order chi connectivity index (χ1) is 8.58. The number of amides is 1. The van der Waals surface area contributed by atoms with Crippen LogP contribution in [-0.4, -0.2) is 10.9 Å². The fourth-order valence-electron chi connectivity index (χ4n) is 1.76. The van der Waals surface area contributed by atoms with E-state index in [9.17, 15) is 4.79 Å². The lowest BCUT2D eigenvalue weighted by Crippen LogP contribution is -2.13. The summed E-state index contributed by atoms with van der Waals surface area (Å²) in [7, 11) is 0. The average molecular weight is 305 g/mol. The molecular formula is C14H13BrN2O. The van der Waals surface area contributed by atoms with Gasteiger partial charge >= 0.3 is 0 Å². The number of nitrogens with zero attached hydrogens (tertiary/aromatic N) is 1. The predicted octanol–water partition coefficient (Wildman–Crippen LogP) is 3.71. The van der Waals surface area contributed by atoms with Crippen LogP contribution in [0.2, 0.25) is 0 Å². The maximum atomic E-state index is 12.0. The van der Waals surface area contributed by atoms with Crippen molar-refractivity contribution >= 4 is 27.5 Å². The largest absolute Gasteiger partial charge is 0.321 e. The Balaban J connectivity index is 2.28. The van der Waals surface area contributed by atoms with Gasteiger partial charge in [-0.25, -0.2) is 0 Å².